The lowest BCUT2D eigenvalue weighted by Crippen LogP contribution is -2.28. The molecule has 1 aliphatic carbocycles. The number of hydrogen-bond acceptors (Lipinski definition) is 5. The van der Waals surface area contributed by atoms with E-state index in [1.807, 2.05) is 61.5 Å². The minimum atomic E-state index is -0.968. The highest BCUT2D eigenvalue weighted by atomic mass is 32.1. The molecule has 0 spiro atoms. The second kappa shape index (κ2) is 9.50. The van der Waals surface area contributed by atoms with Crippen LogP contribution in [-0.4, -0.2) is 28.7 Å². The summed E-state index contributed by atoms with van der Waals surface area (Å²) in [5.41, 5.74) is 2.68. The zero-order valence-corrected chi connectivity index (χ0v) is 18.6. The zero-order valence-electron chi connectivity index (χ0n) is 17.8. The van der Waals surface area contributed by atoms with E-state index < -0.39 is 11.6 Å². The smallest absolute Gasteiger partial charge is 0.329 e. The van der Waals surface area contributed by atoms with E-state index in [2.05, 4.69) is 10.6 Å². The molecule has 3 N–H and O–H groups in total. The quantitative estimate of drug-likeness (QED) is 0.432. The van der Waals surface area contributed by atoms with E-state index in [1.54, 1.807) is 11.3 Å². The van der Waals surface area contributed by atoms with Crippen LogP contribution in [0, 0.1) is 6.92 Å². The van der Waals surface area contributed by atoms with E-state index in [0.29, 0.717) is 5.69 Å². The molecule has 0 radical (unpaired) electrons. The van der Waals surface area contributed by atoms with Crippen LogP contribution in [0.15, 0.2) is 54.6 Å². The SMILES string of the molecule is Cc1nc(C2(OCC(=O)O)CCCC2)sc1-c1ccc(NC(=O)Nc2ccccc2)cc1. The summed E-state index contributed by atoms with van der Waals surface area (Å²) in [7, 11) is 0. The van der Waals surface area contributed by atoms with Gasteiger partial charge in [0.05, 0.1) is 10.6 Å². The Bertz CT molecular complexity index is 1090. The van der Waals surface area contributed by atoms with Crippen LogP contribution in [0.3, 0.4) is 0 Å². The number of thiazole rings is 1. The minimum Gasteiger partial charge on any atom is -0.480 e. The third kappa shape index (κ3) is 4.98. The minimum absolute atomic E-state index is 0.307. The summed E-state index contributed by atoms with van der Waals surface area (Å²) < 4.78 is 5.85. The Balaban J connectivity index is 1.48. The summed E-state index contributed by atoms with van der Waals surface area (Å²) in [6.45, 7) is 1.63. The average Bonchev–Trinajstić information content (AvgIpc) is 3.41. The number of carboxylic acid groups (broad SMARTS) is 1. The maximum atomic E-state index is 12.2. The summed E-state index contributed by atoms with van der Waals surface area (Å²) in [5, 5.41) is 15.5. The summed E-state index contributed by atoms with van der Waals surface area (Å²) >= 11 is 1.55. The normalized spacial score (nSPS) is 14.8. The van der Waals surface area contributed by atoms with Crippen LogP contribution in [0.1, 0.15) is 36.4 Å². The molecule has 4 rings (SSSR count). The van der Waals surface area contributed by atoms with Crippen molar-refractivity contribution in [3.05, 3.63) is 65.3 Å². The molecule has 7 nitrogen and oxygen atoms in total. The third-order valence-corrected chi connectivity index (χ3v) is 6.90. The first-order chi connectivity index (χ1) is 15.4. The molecule has 0 atom stereocenters. The van der Waals surface area contributed by atoms with Gasteiger partial charge >= 0.3 is 12.0 Å². The van der Waals surface area contributed by atoms with E-state index in [4.69, 9.17) is 14.8 Å². The summed E-state index contributed by atoms with van der Waals surface area (Å²) in [5.74, 6) is -0.968. The molecule has 0 aliphatic heterocycles. The van der Waals surface area contributed by atoms with Gasteiger partial charge in [-0.2, -0.15) is 0 Å². The molecule has 1 aliphatic rings. The summed E-state index contributed by atoms with van der Waals surface area (Å²) in [6.07, 6.45) is 3.57. The number of aliphatic carboxylic acids is 1. The summed E-state index contributed by atoms with van der Waals surface area (Å²) in [4.78, 5) is 29.0. The zero-order chi connectivity index (χ0) is 22.6. The molecule has 1 fully saturated rings. The Morgan fingerprint density at radius 1 is 1.03 bits per heavy atom. The number of aromatic nitrogens is 1. The molecule has 0 unspecified atom stereocenters. The second-order valence-electron chi connectivity index (χ2n) is 7.84. The lowest BCUT2D eigenvalue weighted by molar-refractivity contribution is -0.150. The average molecular weight is 452 g/mol. The van der Waals surface area contributed by atoms with Crippen molar-refractivity contribution in [2.24, 2.45) is 0 Å². The van der Waals surface area contributed by atoms with Crippen molar-refractivity contribution in [3.63, 3.8) is 0 Å². The van der Waals surface area contributed by atoms with E-state index in [1.165, 1.54) is 0 Å². The lowest BCUT2D eigenvalue weighted by atomic mass is 10.0. The molecular formula is C24H25N3O4S. The van der Waals surface area contributed by atoms with Crippen molar-refractivity contribution in [1.82, 2.24) is 4.98 Å². The van der Waals surface area contributed by atoms with Crippen molar-refractivity contribution in [2.75, 3.05) is 17.2 Å². The van der Waals surface area contributed by atoms with E-state index >= 15 is 0 Å². The van der Waals surface area contributed by atoms with Gasteiger partial charge in [-0.15, -0.1) is 11.3 Å². The van der Waals surface area contributed by atoms with Gasteiger partial charge in [0.25, 0.3) is 0 Å². The number of para-hydroxylation sites is 1. The topological polar surface area (TPSA) is 101 Å². The van der Waals surface area contributed by atoms with Gasteiger partial charge in [0.2, 0.25) is 0 Å². The number of nitrogens with zero attached hydrogens (tertiary/aromatic N) is 1. The number of benzene rings is 2. The monoisotopic (exact) mass is 451 g/mol. The molecule has 2 aromatic carbocycles. The number of carbonyl (C=O) groups is 2. The molecule has 0 saturated heterocycles. The fraction of sp³-hybridized carbons (Fsp3) is 0.292. The standard InChI is InChI=1S/C24H25N3O4S/c1-16-21(32-22(25-16)24(13-5-6-14-24)31-15-20(28)29)17-9-11-19(12-10-17)27-23(30)26-18-7-3-2-4-8-18/h2-4,7-12H,5-6,13-15H2,1H3,(H,28,29)(H2,26,27,30). The number of rotatable bonds is 7. The van der Waals surface area contributed by atoms with Crippen molar-refractivity contribution in [3.8, 4) is 10.4 Å². The highest BCUT2D eigenvalue weighted by Crippen LogP contribution is 2.46. The van der Waals surface area contributed by atoms with Crippen LogP contribution in [0.5, 0.6) is 0 Å². The molecule has 0 bridgehead atoms. The van der Waals surface area contributed by atoms with Gasteiger partial charge < -0.3 is 20.5 Å². The van der Waals surface area contributed by atoms with Gasteiger partial charge in [-0.05, 0) is 49.6 Å². The number of anilines is 2. The van der Waals surface area contributed by atoms with Gasteiger partial charge in [-0.25, -0.2) is 14.6 Å². The fourth-order valence-electron chi connectivity index (χ4n) is 3.94. The van der Waals surface area contributed by atoms with Crippen molar-refractivity contribution in [1.29, 1.82) is 0 Å². The van der Waals surface area contributed by atoms with Crippen LogP contribution in [0.25, 0.3) is 10.4 Å². The number of ether oxygens (including phenoxy) is 1. The maximum Gasteiger partial charge on any atom is 0.329 e. The number of carboxylic acids is 1. The second-order valence-corrected chi connectivity index (χ2v) is 8.84. The van der Waals surface area contributed by atoms with Gasteiger partial charge in [0.15, 0.2) is 0 Å². The largest absolute Gasteiger partial charge is 0.480 e. The van der Waals surface area contributed by atoms with E-state index in [0.717, 1.165) is 52.5 Å². The first-order valence-corrected chi connectivity index (χ1v) is 11.3. The number of amides is 2. The molecule has 3 aromatic rings. The first kappa shape index (κ1) is 22.0. The van der Waals surface area contributed by atoms with Gasteiger partial charge in [0, 0.05) is 11.4 Å². The van der Waals surface area contributed by atoms with Crippen LogP contribution < -0.4 is 10.6 Å². The number of aryl methyl sites for hydroxylation is 1. The number of urea groups is 1. The van der Waals surface area contributed by atoms with Crippen molar-refractivity contribution in [2.45, 2.75) is 38.2 Å². The Kier molecular flexibility index (Phi) is 6.53. The van der Waals surface area contributed by atoms with Crippen molar-refractivity contribution >= 4 is 34.7 Å². The summed E-state index contributed by atoms with van der Waals surface area (Å²) in [6, 6.07) is 16.5. The Hall–Kier alpha value is -3.23. The molecule has 32 heavy (non-hydrogen) atoms. The predicted octanol–water partition coefficient (Wildman–Crippen LogP) is 5.63. The molecular weight excluding hydrogens is 426 g/mol. The lowest BCUT2D eigenvalue weighted by Gasteiger charge is -2.26. The van der Waals surface area contributed by atoms with Gasteiger partial charge in [0.1, 0.15) is 17.2 Å². The van der Waals surface area contributed by atoms with Gasteiger partial charge in [-0.1, -0.05) is 43.2 Å². The molecule has 1 saturated carbocycles. The highest BCUT2D eigenvalue weighted by Gasteiger charge is 2.40. The first-order valence-electron chi connectivity index (χ1n) is 10.5. The van der Waals surface area contributed by atoms with Crippen LogP contribution in [-0.2, 0) is 15.1 Å². The molecule has 1 heterocycles. The number of carbonyl (C=O) groups excluding carboxylic acids is 1. The van der Waals surface area contributed by atoms with E-state index in [-0.39, 0.29) is 12.6 Å². The number of nitrogens with one attached hydrogen (secondary N) is 2. The van der Waals surface area contributed by atoms with Crippen molar-refractivity contribution < 1.29 is 19.4 Å². The van der Waals surface area contributed by atoms with E-state index in [9.17, 15) is 9.59 Å². The maximum absolute atomic E-state index is 12.2. The molecule has 2 amide bonds. The number of hydrogen-bond donors (Lipinski definition) is 3. The Labute approximate surface area is 190 Å². The Morgan fingerprint density at radius 3 is 2.28 bits per heavy atom. The van der Waals surface area contributed by atoms with Gasteiger partial charge in [-0.3, -0.25) is 0 Å². The van der Waals surface area contributed by atoms with Crippen LogP contribution in [0.4, 0.5) is 16.2 Å². The molecule has 1 aromatic heterocycles. The molecule has 8 heteroatoms. The molecule has 166 valence electrons. The van der Waals surface area contributed by atoms with Crippen LogP contribution >= 0.6 is 11.3 Å². The third-order valence-electron chi connectivity index (χ3n) is 5.51. The Morgan fingerprint density at radius 2 is 1.66 bits per heavy atom. The fourth-order valence-corrected chi connectivity index (χ4v) is 5.22. The predicted molar refractivity (Wildman–Crippen MR) is 125 cm³/mol. The van der Waals surface area contributed by atoms with Crippen LogP contribution in [0.2, 0.25) is 0 Å². The highest BCUT2D eigenvalue weighted by molar-refractivity contribution is 7.15.